The Hall–Kier alpha value is -2.04. The highest BCUT2D eigenvalue weighted by Gasteiger charge is 2.13. The summed E-state index contributed by atoms with van der Waals surface area (Å²) in [6.45, 7) is 0.513. The van der Waals surface area contributed by atoms with E-state index in [1.807, 2.05) is 12.1 Å². The number of urea groups is 1. The average Bonchev–Trinajstić information content (AvgIpc) is 2.55. The predicted octanol–water partition coefficient (Wildman–Crippen LogP) is 3.54. The van der Waals surface area contributed by atoms with Gasteiger partial charge in [-0.3, -0.25) is 4.79 Å². The van der Waals surface area contributed by atoms with Crippen LogP contribution in [0.3, 0.4) is 0 Å². The van der Waals surface area contributed by atoms with Crippen molar-refractivity contribution >= 4 is 17.6 Å². The Kier molecular flexibility index (Phi) is 6.91. The summed E-state index contributed by atoms with van der Waals surface area (Å²) < 4.78 is 0. The Balaban J connectivity index is 1.62. The van der Waals surface area contributed by atoms with Gasteiger partial charge < -0.3 is 16.4 Å². The molecule has 5 heteroatoms. The first-order valence-corrected chi connectivity index (χ1v) is 8.55. The van der Waals surface area contributed by atoms with Crippen molar-refractivity contribution in [2.24, 2.45) is 11.7 Å². The summed E-state index contributed by atoms with van der Waals surface area (Å²) in [5.41, 5.74) is 6.71. The highest BCUT2D eigenvalue weighted by atomic mass is 16.2. The number of benzene rings is 1. The molecule has 1 aliphatic rings. The molecule has 0 aliphatic heterocycles. The normalized spacial score (nSPS) is 15.1. The molecule has 3 amide bonds. The zero-order valence-corrected chi connectivity index (χ0v) is 13.6. The van der Waals surface area contributed by atoms with Crippen molar-refractivity contribution in [3.63, 3.8) is 0 Å². The second-order valence-electron chi connectivity index (χ2n) is 6.36. The Morgan fingerprint density at radius 2 is 1.78 bits per heavy atom. The van der Waals surface area contributed by atoms with E-state index in [0.717, 1.165) is 17.9 Å². The van der Waals surface area contributed by atoms with Crippen molar-refractivity contribution in [2.75, 3.05) is 5.32 Å². The molecular formula is C18H27N3O2. The minimum absolute atomic E-state index is 0.111. The molecule has 1 aromatic rings. The molecule has 0 bridgehead atoms. The molecular weight excluding hydrogens is 290 g/mol. The van der Waals surface area contributed by atoms with Gasteiger partial charge in [-0.25, -0.2) is 4.79 Å². The lowest BCUT2D eigenvalue weighted by Gasteiger charge is -2.21. The molecule has 2 rings (SSSR count). The Labute approximate surface area is 138 Å². The molecule has 0 saturated heterocycles. The summed E-state index contributed by atoms with van der Waals surface area (Å²) in [5, 5.41) is 5.45. The van der Waals surface area contributed by atoms with E-state index >= 15 is 0 Å². The number of hydrogen-bond acceptors (Lipinski definition) is 2. The first kappa shape index (κ1) is 17.3. The van der Waals surface area contributed by atoms with Gasteiger partial charge in [-0.2, -0.15) is 0 Å². The quantitative estimate of drug-likeness (QED) is 0.718. The van der Waals surface area contributed by atoms with Crippen LogP contribution < -0.4 is 16.4 Å². The maximum Gasteiger partial charge on any atom is 0.316 e. The maximum atomic E-state index is 11.9. The fourth-order valence-electron chi connectivity index (χ4n) is 3.16. The summed E-state index contributed by atoms with van der Waals surface area (Å²) >= 11 is 0. The van der Waals surface area contributed by atoms with Gasteiger partial charge >= 0.3 is 6.03 Å². The van der Waals surface area contributed by atoms with Crippen LogP contribution in [-0.4, -0.2) is 11.9 Å². The maximum absolute atomic E-state index is 11.9. The van der Waals surface area contributed by atoms with E-state index in [9.17, 15) is 9.59 Å². The van der Waals surface area contributed by atoms with Gasteiger partial charge in [0.15, 0.2) is 0 Å². The number of amides is 3. The Morgan fingerprint density at radius 3 is 2.43 bits per heavy atom. The van der Waals surface area contributed by atoms with E-state index in [4.69, 9.17) is 5.73 Å². The molecule has 1 aliphatic carbocycles. The predicted molar refractivity (Wildman–Crippen MR) is 91.9 cm³/mol. The summed E-state index contributed by atoms with van der Waals surface area (Å²) in [6.07, 6.45) is 9.55. The van der Waals surface area contributed by atoms with Gasteiger partial charge in [0, 0.05) is 18.7 Å². The lowest BCUT2D eigenvalue weighted by molar-refractivity contribution is -0.121. The zero-order valence-electron chi connectivity index (χ0n) is 13.6. The van der Waals surface area contributed by atoms with Gasteiger partial charge in [0.1, 0.15) is 0 Å². The van der Waals surface area contributed by atoms with Gasteiger partial charge in [0.25, 0.3) is 0 Å². The van der Waals surface area contributed by atoms with Crippen molar-refractivity contribution in [3.8, 4) is 0 Å². The van der Waals surface area contributed by atoms with Crippen LogP contribution in [0.15, 0.2) is 24.3 Å². The van der Waals surface area contributed by atoms with E-state index in [2.05, 4.69) is 10.6 Å². The highest BCUT2D eigenvalue weighted by Crippen LogP contribution is 2.27. The molecule has 0 aromatic heterocycles. The minimum Gasteiger partial charge on any atom is -0.352 e. The molecule has 23 heavy (non-hydrogen) atoms. The van der Waals surface area contributed by atoms with Crippen LogP contribution in [0.4, 0.5) is 10.5 Å². The Bertz CT molecular complexity index is 508. The van der Waals surface area contributed by atoms with Crippen LogP contribution in [0.1, 0.15) is 56.9 Å². The molecule has 1 aromatic carbocycles. The number of carbonyl (C=O) groups excluding carboxylic acids is 2. The van der Waals surface area contributed by atoms with Crippen molar-refractivity contribution in [3.05, 3.63) is 29.8 Å². The molecule has 0 spiro atoms. The highest BCUT2D eigenvalue weighted by molar-refractivity contribution is 5.87. The second-order valence-corrected chi connectivity index (χ2v) is 6.36. The van der Waals surface area contributed by atoms with E-state index in [0.29, 0.717) is 18.7 Å². The van der Waals surface area contributed by atoms with Crippen molar-refractivity contribution in [1.82, 2.24) is 5.32 Å². The van der Waals surface area contributed by atoms with Gasteiger partial charge in [0.2, 0.25) is 5.91 Å². The van der Waals surface area contributed by atoms with Gasteiger partial charge in [0.05, 0.1) is 0 Å². The van der Waals surface area contributed by atoms with E-state index < -0.39 is 6.03 Å². The summed E-state index contributed by atoms with van der Waals surface area (Å²) in [4.78, 5) is 22.6. The van der Waals surface area contributed by atoms with Crippen LogP contribution in [0, 0.1) is 5.92 Å². The van der Waals surface area contributed by atoms with Gasteiger partial charge in [-0.1, -0.05) is 44.2 Å². The van der Waals surface area contributed by atoms with Gasteiger partial charge in [-0.05, 0) is 36.5 Å². The van der Waals surface area contributed by atoms with Crippen molar-refractivity contribution < 1.29 is 9.59 Å². The lowest BCUT2D eigenvalue weighted by atomic mass is 9.86. The van der Waals surface area contributed by atoms with Crippen LogP contribution in [-0.2, 0) is 11.3 Å². The standard InChI is InChI=1S/C18H27N3O2/c19-18(23)21-16-11-9-15(10-12-16)13-20-17(22)8-4-7-14-5-2-1-3-6-14/h9-12,14H,1-8,13H2,(H,20,22)(H3,19,21,23). The summed E-state index contributed by atoms with van der Waals surface area (Å²) in [6, 6.07) is 6.70. The number of hydrogen-bond donors (Lipinski definition) is 3. The van der Waals surface area contributed by atoms with Crippen LogP contribution in [0.25, 0.3) is 0 Å². The first-order chi connectivity index (χ1) is 11.1. The third kappa shape index (κ3) is 6.72. The van der Waals surface area contributed by atoms with Crippen molar-refractivity contribution in [2.45, 2.75) is 57.9 Å². The van der Waals surface area contributed by atoms with E-state index in [1.165, 1.54) is 38.5 Å². The first-order valence-electron chi connectivity index (χ1n) is 8.55. The fourth-order valence-corrected chi connectivity index (χ4v) is 3.16. The molecule has 126 valence electrons. The summed E-state index contributed by atoms with van der Waals surface area (Å²) in [5.74, 6) is 0.946. The second kappa shape index (κ2) is 9.18. The number of carbonyl (C=O) groups is 2. The molecule has 5 nitrogen and oxygen atoms in total. The molecule has 4 N–H and O–H groups in total. The average molecular weight is 317 g/mol. The largest absolute Gasteiger partial charge is 0.352 e. The van der Waals surface area contributed by atoms with Crippen LogP contribution in [0.5, 0.6) is 0 Å². The third-order valence-electron chi connectivity index (χ3n) is 4.45. The molecule has 1 fully saturated rings. The number of nitrogens with two attached hydrogens (primary N) is 1. The monoisotopic (exact) mass is 317 g/mol. The molecule has 0 radical (unpaired) electrons. The Morgan fingerprint density at radius 1 is 1.09 bits per heavy atom. The lowest BCUT2D eigenvalue weighted by Crippen LogP contribution is -2.22. The zero-order chi connectivity index (χ0) is 16.5. The number of primary amides is 1. The molecule has 0 atom stereocenters. The number of rotatable bonds is 7. The molecule has 1 saturated carbocycles. The smallest absolute Gasteiger partial charge is 0.316 e. The topological polar surface area (TPSA) is 84.2 Å². The summed E-state index contributed by atoms with van der Waals surface area (Å²) in [7, 11) is 0. The van der Waals surface area contributed by atoms with Crippen LogP contribution in [0.2, 0.25) is 0 Å². The SMILES string of the molecule is NC(=O)Nc1ccc(CNC(=O)CCCC2CCCCC2)cc1. The number of anilines is 1. The third-order valence-corrected chi connectivity index (χ3v) is 4.45. The molecule has 0 heterocycles. The minimum atomic E-state index is -0.580. The van der Waals surface area contributed by atoms with Crippen molar-refractivity contribution in [1.29, 1.82) is 0 Å². The molecule has 0 unspecified atom stereocenters. The van der Waals surface area contributed by atoms with E-state index in [1.54, 1.807) is 12.1 Å². The van der Waals surface area contributed by atoms with Crippen LogP contribution >= 0.6 is 0 Å². The fraction of sp³-hybridized carbons (Fsp3) is 0.556. The number of nitrogens with one attached hydrogen (secondary N) is 2. The van der Waals surface area contributed by atoms with Gasteiger partial charge in [-0.15, -0.1) is 0 Å². The van der Waals surface area contributed by atoms with E-state index in [-0.39, 0.29) is 5.91 Å².